The SMILES string of the molecule is CCNC(=O)N1CCN(C(=O)c2cc(C3CC3)nc3c2cnn3C(C)C)CC1. The number of piperazine rings is 1. The van der Waals surface area contributed by atoms with Crippen LogP contribution in [0.1, 0.15) is 61.6 Å². The molecular weight excluding hydrogens is 356 g/mol. The summed E-state index contributed by atoms with van der Waals surface area (Å²) in [5.74, 6) is 0.467. The van der Waals surface area contributed by atoms with Crippen LogP contribution in [-0.4, -0.2) is 69.2 Å². The van der Waals surface area contributed by atoms with Crippen LogP contribution in [0.2, 0.25) is 0 Å². The van der Waals surface area contributed by atoms with E-state index in [2.05, 4.69) is 24.3 Å². The van der Waals surface area contributed by atoms with Crippen LogP contribution < -0.4 is 5.32 Å². The number of amides is 3. The summed E-state index contributed by atoms with van der Waals surface area (Å²) in [5, 5.41) is 8.12. The molecule has 0 bridgehead atoms. The van der Waals surface area contributed by atoms with E-state index in [1.54, 1.807) is 11.1 Å². The molecule has 1 saturated carbocycles. The second kappa shape index (κ2) is 7.41. The fourth-order valence-electron chi connectivity index (χ4n) is 3.73. The highest BCUT2D eigenvalue weighted by atomic mass is 16.2. The summed E-state index contributed by atoms with van der Waals surface area (Å²) in [6.07, 6.45) is 4.03. The second-order valence-electron chi connectivity index (χ2n) is 7.90. The molecule has 2 fully saturated rings. The Balaban J connectivity index is 1.60. The maximum Gasteiger partial charge on any atom is 0.317 e. The molecule has 0 atom stereocenters. The number of hydrogen-bond acceptors (Lipinski definition) is 4. The van der Waals surface area contributed by atoms with Gasteiger partial charge in [0.05, 0.1) is 17.1 Å². The third kappa shape index (κ3) is 3.43. The van der Waals surface area contributed by atoms with Crippen molar-refractivity contribution in [3.63, 3.8) is 0 Å². The molecule has 1 aliphatic carbocycles. The molecule has 150 valence electrons. The lowest BCUT2D eigenvalue weighted by Crippen LogP contribution is -2.53. The van der Waals surface area contributed by atoms with Crippen LogP contribution >= 0.6 is 0 Å². The van der Waals surface area contributed by atoms with Gasteiger partial charge in [0, 0.05) is 50.4 Å². The molecule has 0 aromatic carbocycles. The summed E-state index contributed by atoms with van der Waals surface area (Å²) in [6.45, 7) is 8.82. The average Bonchev–Trinajstić information content (AvgIpc) is 3.45. The van der Waals surface area contributed by atoms with Crippen molar-refractivity contribution in [2.45, 2.75) is 45.6 Å². The van der Waals surface area contributed by atoms with Crippen molar-refractivity contribution in [1.82, 2.24) is 29.9 Å². The Kier molecular flexibility index (Phi) is 4.95. The molecule has 1 saturated heterocycles. The average molecular weight is 384 g/mol. The topological polar surface area (TPSA) is 83.4 Å². The predicted octanol–water partition coefficient (Wildman–Crippen LogP) is 2.38. The molecule has 3 amide bonds. The summed E-state index contributed by atoms with van der Waals surface area (Å²) >= 11 is 0. The predicted molar refractivity (Wildman–Crippen MR) is 106 cm³/mol. The largest absolute Gasteiger partial charge is 0.338 e. The van der Waals surface area contributed by atoms with Gasteiger partial charge in [-0.25, -0.2) is 14.5 Å². The first kappa shape index (κ1) is 18.7. The van der Waals surface area contributed by atoms with Gasteiger partial charge in [-0.15, -0.1) is 0 Å². The third-order valence-corrected chi connectivity index (χ3v) is 5.48. The van der Waals surface area contributed by atoms with Crippen LogP contribution in [0.3, 0.4) is 0 Å². The van der Waals surface area contributed by atoms with E-state index in [9.17, 15) is 9.59 Å². The zero-order chi connectivity index (χ0) is 19.8. The summed E-state index contributed by atoms with van der Waals surface area (Å²) in [5.41, 5.74) is 2.48. The first-order chi connectivity index (χ1) is 13.5. The highest BCUT2D eigenvalue weighted by Crippen LogP contribution is 2.40. The minimum atomic E-state index is -0.0601. The van der Waals surface area contributed by atoms with Gasteiger partial charge < -0.3 is 15.1 Å². The number of rotatable bonds is 4. The van der Waals surface area contributed by atoms with Gasteiger partial charge in [-0.05, 0) is 39.7 Å². The molecule has 3 heterocycles. The summed E-state index contributed by atoms with van der Waals surface area (Å²) < 4.78 is 1.89. The van der Waals surface area contributed by atoms with E-state index in [4.69, 9.17) is 4.98 Å². The molecule has 2 aromatic heterocycles. The number of carbonyl (C=O) groups is 2. The monoisotopic (exact) mass is 384 g/mol. The maximum atomic E-state index is 13.3. The molecule has 8 heteroatoms. The Morgan fingerprint density at radius 2 is 1.86 bits per heavy atom. The molecule has 1 aliphatic heterocycles. The highest BCUT2D eigenvalue weighted by molar-refractivity contribution is 6.05. The lowest BCUT2D eigenvalue weighted by atomic mass is 10.1. The number of fused-ring (bicyclic) bond motifs is 1. The van der Waals surface area contributed by atoms with Crippen LogP contribution in [0.4, 0.5) is 4.79 Å². The minimum absolute atomic E-state index is 0.00755. The number of nitrogens with one attached hydrogen (secondary N) is 1. The summed E-state index contributed by atoms with van der Waals surface area (Å²) in [6, 6.07) is 2.09. The maximum absolute atomic E-state index is 13.3. The van der Waals surface area contributed by atoms with Crippen LogP contribution in [0.5, 0.6) is 0 Å². The van der Waals surface area contributed by atoms with E-state index in [0.717, 1.165) is 29.6 Å². The van der Waals surface area contributed by atoms with Gasteiger partial charge in [-0.1, -0.05) is 0 Å². The first-order valence-corrected chi connectivity index (χ1v) is 10.2. The van der Waals surface area contributed by atoms with Gasteiger partial charge >= 0.3 is 6.03 Å². The van der Waals surface area contributed by atoms with E-state index >= 15 is 0 Å². The number of hydrogen-bond donors (Lipinski definition) is 1. The van der Waals surface area contributed by atoms with Gasteiger partial charge in [-0.3, -0.25) is 4.79 Å². The molecule has 1 N–H and O–H groups in total. The minimum Gasteiger partial charge on any atom is -0.338 e. The first-order valence-electron chi connectivity index (χ1n) is 10.2. The molecule has 0 spiro atoms. The van der Waals surface area contributed by atoms with Crippen LogP contribution in [0.15, 0.2) is 12.3 Å². The molecule has 8 nitrogen and oxygen atoms in total. The number of carbonyl (C=O) groups excluding carboxylic acids is 2. The van der Waals surface area contributed by atoms with Crippen molar-refractivity contribution >= 4 is 23.0 Å². The molecule has 2 aromatic rings. The van der Waals surface area contributed by atoms with Gasteiger partial charge in [0.25, 0.3) is 5.91 Å². The highest BCUT2D eigenvalue weighted by Gasteiger charge is 2.30. The van der Waals surface area contributed by atoms with E-state index in [1.807, 2.05) is 22.6 Å². The Morgan fingerprint density at radius 1 is 1.18 bits per heavy atom. The number of urea groups is 1. The quantitative estimate of drug-likeness (QED) is 0.877. The van der Waals surface area contributed by atoms with Crippen molar-refractivity contribution in [1.29, 1.82) is 0 Å². The van der Waals surface area contributed by atoms with Gasteiger partial charge in [0.2, 0.25) is 0 Å². The molecule has 0 radical (unpaired) electrons. The number of nitrogens with zero attached hydrogens (tertiary/aromatic N) is 5. The van der Waals surface area contributed by atoms with Crippen molar-refractivity contribution in [2.75, 3.05) is 32.7 Å². The summed E-state index contributed by atoms with van der Waals surface area (Å²) in [4.78, 5) is 33.8. The third-order valence-electron chi connectivity index (χ3n) is 5.48. The fourth-order valence-corrected chi connectivity index (χ4v) is 3.73. The van der Waals surface area contributed by atoms with E-state index < -0.39 is 0 Å². The van der Waals surface area contributed by atoms with Crippen molar-refractivity contribution in [3.8, 4) is 0 Å². The van der Waals surface area contributed by atoms with Gasteiger partial charge in [0.15, 0.2) is 5.65 Å². The molecule has 0 unspecified atom stereocenters. The van der Waals surface area contributed by atoms with Crippen molar-refractivity contribution in [3.05, 3.63) is 23.5 Å². The number of aromatic nitrogens is 3. The second-order valence-corrected chi connectivity index (χ2v) is 7.90. The Morgan fingerprint density at radius 3 is 2.46 bits per heavy atom. The molecular formula is C20H28N6O2. The van der Waals surface area contributed by atoms with Gasteiger partial charge in [0.1, 0.15) is 0 Å². The van der Waals surface area contributed by atoms with E-state index in [0.29, 0.717) is 44.2 Å². The van der Waals surface area contributed by atoms with E-state index in [-0.39, 0.29) is 18.0 Å². The molecule has 2 aliphatic rings. The Hall–Kier alpha value is -2.64. The van der Waals surface area contributed by atoms with Gasteiger partial charge in [-0.2, -0.15) is 5.10 Å². The molecule has 4 rings (SSSR count). The summed E-state index contributed by atoms with van der Waals surface area (Å²) in [7, 11) is 0. The Labute approximate surface area is 164 Å². The lowest BCUT2D eigenvalue weighted by molar-refractivity contribution is 0.0667. The zero-order valence-corrected chi connectivity index (χ0v) is 16.8. The van der Waals surface area contributed by atoms with Crippen molar-refractivity contribution in [2.24, 2.45) is 0 Å². The van der Waals surface area contributed by atoms with Crippen molar-refractivity contribution < 1.29 is 9.59 Å². The van der Waals surface area contributed by atoms with Crippen LogP contribution in [-0.2, 0) is 0 Å². The smallest absolute Gasteiger partial charge is 0.317 e. The Bertz CT molecular complexity index is 893. The molecule has 28 heavy (non-hydrogen) atoms. The normalized spacial score (nSPS) is 17.4. The van der Waals surface area contributed by atoms with E-state index in [1.165, 1.54) is 0 Å². The van der Waals surface area contributed by atoms with Crippen LogP contribution in [0.25, 0.3) is 11.0 Å². The number of pyridine rings is 1. The fraction of sp³-hybridized carbons (Fsp3) is 0.600. The van der Waals surface area contributed by atoms with Crippen LogP contribution in [0, 0.1) is 0 Å². The standard InChI is InChI=1S/C20H28N6O2/c1-4-21-20(28)25-9-7-24(8-10-25)19(27)15-11-17(14-5-6-14)23-18-16(15)12-22-26(18)13(2)3/h11-14H,4-10H2,1-3H3,(H,21,28). The lowest BCUT2D eigenvalue weighted by Gasteiger charge is -2.34. The zero-order valence-electron chi connectivity index (χ0n) is 16.8.